The number of amides is 1. The van der Waals surface area contributed by atoms with Gasteiger partial charge in [-0.15, -0.1) is 0 Å². The maximum Gasteiger partial charge on any atom is 0.244 e. The van der Waals surface area contributed by atoms with E-state index in [0.29, 0.717) is 17.7 Å². The first-order valence-electron chi connectivity index (χ1n) is 6.28. The number of hydrogen-bond acceptors (Lipinski definition) is 5. The molecule has 1 aliphatic heterocycles. The minimum absolute atomic E-state index is 0.0637. The van der Waals surface area contributed by atoms with Gasteiger partial charge in [0.15, 0.2) is 9.84 Å². The quantitative estimate of drug-likeness (QED) is 0.636. The number of carbonyl (C=O) groups is 1. The van der Waals surface area contributed by atoms with Crippen LogP contribution in [-0.2, 0) is 14.6 Å². The molecule has 1 N–H and O–H groups in total. The van der Waals surface area contributed by atoms with Crippen LogP contribution in [0.15, 0.2) is 27.8 Å². The van der Waals surface area contributed by atoms with Gasteiger partial charge in [0.05, 0.1) is 30.7 Å². The zero-order valence-corrected chi connectivity index (χ0v) is 13.8. The Balaban J connectivity index is 2.00. The average molecular weight is 375 g/mol. The molecule has 0 aromatic heterocycles. The van der Waals surface area contributed by atoms with Crippen LogP contribution in [0.4, 0.5) is 0 Å². The zero-order chi connectivity index (χ0) is 15.5. The van der Waals surface area contributed by atoms with Crippen LogP contribution in [0.3, 0.4) is 0 Å². The fraction of sp³-hybridized carbons (Fsp3) is 0.385. The summed E-state index contributed by atoms with van der Waals surface area (Å²) in [6.45, 7) is 0. The Morgan fingerprint density at radius 2 is 2.29 bits per heavy atom. The molecule has 8 heteroatoms. The van der Waals surface area contributed by atoms with E-state index in [-0.39, 0.29) is 17.4 Å². The number of benzene rings is 1. The topological polar surface area (TPSA) is 84.8 Å². The van der Waals surface area contributed by atoms with Gasteiger partial charge in [-0.3, -0.25) is 4.79 Å². The molecule has 0 unspecified atom stereocenters. The predicted molar refractivity (Wildman–Crippen MR) is 83.2 cm³/mol. The lowest BCUT2D eigenvalue weighted by Crippen LogP contribution is -2.27. The Kier molecular flexibility index (Phi) is 5.00. The van der Waals surface area contributed by atoms with E-state index in [1.54, 1.807) is 19.2 Å². The molecule has 1 aromatic rings. The van der Waals surface area contributed by atoms with Gasteiger partial charge in [0.2, 0.25) is 5.91 Å². The molecule has 1 atom stereocenters. The van der Waals surface area contributed by atoms with Gasteiger partial charge in [0.25, 0.3) is 0 Å². The molecule has 1 amide bonds. The minimum atomic E-state index is -3.07. The minimum Gasteiger partial charge on any atom is -0.496 e. The van der Waals surface area contributed by atoms with Crippen molar-refractivity contribution in [2.45, 2.75) is 6.42 Å². The average Bonchev–Trinajstić information content (AvgIpc) is 2.79. The summed E-state index contributed by atoms with van der Waals surface area (Å²) in [5.41, 5.74) is 3.08. The number of nitrogens with zero attached hydrogens (tertiary/aromatic N) is 1. The van der Waals surface area contributed by atoms with Gasteiger partial charge in [-0.2, -0.15) is 5.10 Å². The van der Waals surface area contributed by atoms with Gasteiger partial charge < -0.3 is 4.74 Å². The normalized spacial score (nSPS) is 20.6. The van der Waals surface area contributed by atoms with Crippen molar-refractivity contribution in [3.05, 3.63) is 28.2 Å². The maximum atomic E-state index is 11.8. The molecule has 0 bridgehead atoms. The van der Waals surface area contributed by atoms with E-state index in [0.717, 1.165) is 4.47 Å². The zero-order valence-electron chi connectivity index (χ0n) is 11.4. The molecular weight excluding hydrogens is 360 g/mol. The third-order valence-corrected chi connectivity index (χ3v) is 5.43. The highest BCUT2D eigenvalue weighted by Gasteiger charge is 2.32. The number of halogens is 1. The van der Waals surface area contributed by atoms with E-state index in [2.05, 4.69) is 26.5 Å². The molecule has 1 aromatic carbocycles. The Hall–Kier alpha value is -1.41. The van der Waals surface area contributed by atoms with Crippen LogP contribution >= 0.6 is 15.9 Å². The number of methoxy groups -OCH3 is 1. The molecule has 0 radical (unpaired) electrons. The number of hydrogen-bond donors (Lipinski definition) is 1. The van der Waals surface area contributed by atoms with Crippen molar-refractivity contribution >= 4 is 37.9 Å². The summed E-state index contributed by atoms with van der Waals surface area (Å²) in [4.78, 5) is 11.8. The van der Waals surface area contributed by atoms with Crippen LogP contribution in [0.25, 0.3) is 0 Å². The van der Waals surface area contributed by atoms with Crippen LogP contribution in [0.2, 0.25) is 0 Å². The largest absolute Gasteiger partial charge is 0.496 e. The monoisotopic (exact) mass is 374 g/mol. The molecule has 1 aliphatic rings. The first-order valence-corrected chi connectivity index (χ1v) is 8.89. The van der Waals surface area contributed by atoms with Crippen molar-refractivity contribution in [2.75, 3.05) is 18.6 Å². The van der Waals surface area contributed by atoms with Crippen molar-refractivity contribution in [3.63, 3.8) is 0 Å². The maximum absolute atomic E-state index is 11.8. The Morgan fingerprint density at radius 3 is 2.90 bits per heavy atom. The molecule has 0 aliphatic carbocycles. The summed E-state index contributed by atoms with van der Waals surface area (Å²) in [5.74, 6) is -0.305. The van der Waals surface area contributed by atoms with E-state index >= 15 is 0 Å². The van der Waals surface area contributed by atoms with Gasteiger partial charge in [0, 0.05) is 10.0 Å². The highest BCUT2D eigenvalue weighted by atomic mass is 79.9. The van der Waals surface area contributed by atoms with E-state index in [1.165, 1.54) is 6.21 Å². The first-order chi connectivity index (χ1) is 9.91. The molecule has 21 heavy (non-hydrogen) atoms. The second-order valence-corrected chi connectivity index (χ2v) is 7.86. The van der Waals surface area contributed by atoms with Crippen molar-refractivity contribution in [3.8, 4) is 5.75 Å². The molecule has 1 saturated heterocycles. The second kappa shape index (κ2) is 6.57. The Labute approximate surface area is 131 Å². The molecule has 1 heterocycles. The molecule has 114 valence electrons. The number of sulfone groups is 1. The van der Waals surface area contributed by atoms with E-state index < -0.39 is 15.8 Å². The van der Waals surface area contributed by atoms with Crippen LogP contribution in [-0.4, -0.2) is 39.2 Å². The van der Waals surface area contributed by atoms with Crippen LogP contribution in [0.5, 0.6) is 5.75 Å². The molecule has 0 spiro atoms. The summed E-state index contributed by atoms with van der Waals surface area (Å²) >= 11 is 3.34. The van der Waals surface area contributed by atoms with E-state index in [9.17, 15) is 13.2 Å². The number of ether oxygens (including phenoxy) is 1. The van der Waals surface area contributed by atoms with Gasteiger partial charge in [-0.05, 0) is 24.6 Å². The van der Waals surface area contributed by atoms with E-state index in [1.807, 2.05) is 6.07 Å². The van der Waals surface area contributed by atoms with Crippen molar-refractivity contribution in [1.82, 2.24) is 5.43 Å². The summed E-state index contributed by atoms with van der Waals surface area (Å²) in [6, 6.07) is 5.41. The predicted octanol–water partition coefficient (Wildman–Crippen LogP) is 1.34. The highest BCUT2D eigenvalue weighted by Crippen LogP contribution is 2.21. The first kappa shape index (κ1) is 16.0. The van der Waals surface area contributed by atoms with Crippen molar-refractivity contribution in [1.29, 1.82) is 0 Å². The second-order valence-electron chi connectivity index (χ2n) is 4.72. The number of nitrogens with one attached hydrogen (secondary N) is 1. The Bertz CT molecular complexity index is 673. The fourth-order valence-electron chi connectivity index (χ4n) is 2.06. The van der Waals surface area contributed by atoms with E-state index in [4.69, 9.17) is 4.74 Å². The molecular formula is C13H15BrN2O4S. The summed E-state index contributed by atoms with van der Waals surface area (Å²) in [6.07, 6.45) is 1.81. The van der Waals surface area contributed by atoms with Crippen LogP contribution in [0.1, 0.15) is 12.0 Å². The third kappa shape index (κ3) is 4.28. The molecule has 2 rings (SSSR count). The summed E-state index contributed by atoms with van der Waals surface area (Å²) in [7, 11) is -1.53. The molecule has 1 fully saturated rings. The van der Waals surface area contributed by atoms with Crippen molar-refractivity contribution < 1.29 is 17.9 Å². The Morgan fingerprint density at radius 1 is 1.52 bits per heavy atom. The van der Waals surface area contributed by atoms with Gasteiger partial charge in [-0.1, -0.05) is 15.9 Å². The summed E-state index contributed by atoms with van der Waals surface area (Å²) < 4.78 is 28.7. The fourth-order valence-corrected chi connectivity index (χ4v) is 4.18. The molecule has 0 saturated carbocycles. The lowest BCUT2D eigenvalue weighted by Gasteiger charge is -2.06. The van der Waals surface area contributed by atoms with Gasteiger partial charge >= 0.3 is 0 Å². The van der Waals surface area contributed by atoms with Crippen LogP contribution < -0.4 is 10.2 Å². The third-order valence-electron chi connectivity index (χ3n) is 3.17. The van der Waals surface area contributed by atoms with Gasteiger partial charge in [0.1, 0.15) is 5.75 Å². The lowest BCUT2D eigenvalue weighted by molar-refractivity contribution is -0.124. The lowest BCUT2D eigenvalue weighted by atomic mass is 10.1. The number of hydrazone groups is 1. The number of carbonyl (C=O) groups excluding carboxylic acids is 1. The number of rotatable bonds is 4. The van der Waals surface area contributed by atoms with Gasteiger partial charge in [-0.25, -0.2) is 13.8 Å². The van der Waals surface area contributed by atoms with Crippen LogP contribution in [0, 0.1) is 5.92 Å². The smallest absolute Gasteiger partial charge is 0.244 e. The SMILES string of the molecule is COc1ccc(Br)cc1/C=N\NC(=O)[C@@H]1CCS(=O)(=O)C1. The standard InChI is InChI=1S/C13H15BrN2O4S/c1-20-12-3-2-11(14)6-10(12)7-15-16-13(17)9-4-5-21(18,19)8-9/h2-3,6-7,9H,4-5,8H2,1H3,(H,16,17)/b15-7-/t9-/m1/s1. The van der Waals surface area contributed by atoms with Crippen molar-refractivity contribution in [2.24, 2.45) is 11.0 Å². The molecule has 6 nitrogen and oxygen atoms in total. The summed E-state index contributed by atoms with van der Waals surface area (Å²) in [5, 5.41) is 3.86. The highest BCUT2D eigenvalue weighted by molar-refractivity contribution is 9.10.